The highest BCUT2D eigenvalue weighted by Gasteiger charge is 2.25. The quantitative estimate of drug-likeness (QED) is 0.693. The normalized spacial score (nSPS) is 24.5. The molecular weight excluding hydrogens is 404 g/mol. The molecule has 1 amide bonds. The summed E-state index contributed by atoms with van der Waals surface area (Å²) in [7, 11) is -3.90. The van der Waals surface area contributed by atoms with Gasteiger partial charge in [-0.25, -0.2) is 13.6 Å². The second-order valence-electron chi connectivity index (χ2n) is 8.86. The number of likely N-dealkylation sites (tertiary alicyclic amines) is 1. The van der Waals surface area contributed by atoms with Crippen molar-refractivity contribution in [1.29, 1.82) is 0 Å². The third kappa shape index (κ3) is 5.94. The van der Waals surface area contributed by atoms with E-state index in [1.807, 2.05) is 11.8 Å². The molecule has 3 N–H and O–H groups in total. The summed E-state index contributed by atoms with van der Waals surface area (Å²) in [6.45, 7) is 11.8. The number of hydrogen-bond acceptors (Lipinski definition) is 6. The Morgan fingerprint density at radius 2 is 1.87 bits per heavy atom. The summed E-state index contributed by atoms with van der Waals surface area (Å²) < 4.78 is 29.1. The Balaban J connectivity index is 1.77. The Kier molecular flexibility index (Phi) is 7.38. The van der Waals surface area contributed by atoms with E-state index in [4.69, 9.17) is 9.88 Å². The summed E-state index contributed by atoms with van der Waals surface area (Å²) in [5, 5.41) is 8.36. The van der Waals surface area contributed by atoms with Gasteiger partial charge < -0.3 is 19.9 Å². The van der Waals surface area contributed by atoms with Crippen molar-refractivity contribution in [1.82, 2.24) is 10.2 Å². The van der Waals surface area contributed by atoms with E-state index in [0.29, 0.717) is 49.4 Å². The van der Waals surface area contributed by atoms with Crippen LogP contribution in [0.4, 0.5) is 5.69 Å². The van der Waals surface area contributed by atoms with Crippen molar-refractivity contribution in [2.24, 2.45) is 17.0 Å². The maximum Gasteiger partial charge on any atom is 0.253 e. The molecule has 8 nitrogen and oxygen atoms in total. The minimum Gasteiger partial charge on any atom is -0.378 e. The molecule has 2 aliphatic heterocycles. The minimum atomic E-state index is -3.90. The van der Waals surface area contributed by atoms with Crippen LogP contribution in [0.5, 0.6) is 0 Å². The van der Waals surface area contributed by atoms with E-state index < -0.39 is 10.0 Å². The van der Waals surface area contributed by atoms with Gasteiger partial charge in [-0.3, -0.25) is 4.79 Å². The van der Waals surface area contributed by atoms with Crippen LogP contribution in [-0.4, -0.2) is 71.2 Å². The first kappa shape index (κ1) is 23.0. The maximum absolute atomic E-state index is 13.1. The van der Waals surface area contributed by atoms with E-state index in [0.717, 1.165) is 19.6 Å². The average Bonchev–Trinajstić information content (AvgIpc) is 2.66. The Bertz CT molecular complexity index is 845. The van der Waals surface area contributed by atoms with Crippen molar-refractivity contribution in [3.63, 3.8) is 0 Å². The van der Waals surface area contributed by atoms with Crippen molar-refractivity contribution in [3.05, 3.63) is 23.8 Å². The molecule has 2 saturated heterocycles. The van der Waals surface area contributed by atoms with E-state index in [-0.39, 0.29) is 16.8 Å². The van der Waals surface area contributed by atoms with Crippen molar-refractivity contribution in [2.75, 3.05) is 50.8 Å². The van der Waals surface area contributed by atoms with Gasteiger partial charge >= 0.3 is 0 Å². The van der Waals surface area contributed by atoms with Crippen molar-refractivity contribution in [2.45, 2.75) is 38.1 Å². The van der Waals surface area contributed by atoms with Gasteiger partial charge in [0.25, 0.3) is 5.91 Å². The van der Waals surface area contributed by atoms with Crippen molar-refractivity contribution in [3.8, 4) is 0 Å². The fourth-order valence-corrected chi connectivity index (χ4v) is 5.17. The van der Waals surface area contributed by atoms with Crippen LogP contribution < -0.4 is 15.4 Å². The molecule has 0 radical (unpaired) electrons. The Labute approximate surface area is 179 Å². The number of amides is 1. The number of hydrogen-bond donors (Lipinski definition) is 2. The minimum absolute atomic E-state index is 0.0593. The lowest BCUT2D eigenvalue weighted by Crippen LogP contribution is -2.47. The summed E-state index contributed by atoms with van der Waals surface area (Å²) in [5.41, 5.74) is 1.03. The Morgan fingerprint density at radius 3 is 2.47 bits per heavy atom. The summed E-state index contributed by atoms with van der Waals surface area (Å²) in [5.74, 6) is 1.01. The monoisotopic (exact) mass is 438 g/mol. The van der Waals surface area contributed by atoms with Crippen LogP contribution in [0.3, 0.4) is 0 Å². The van der Waals surface area contributed by atoms with Crippen molar-refractivity contribution >= 4 is 21.6 Å². The lowest BCUT2D eigenvalue weighted by Gasteiger charge is -2.36. The Hall–Kier alpha value is -1.68. The zero-order chi connectivity index (χ0) is 21.9. The number of nitrogens with one attached hydrogen (secondary N) is 1. The smallest absolute Gasteiger partial charge is 0.253 e. The fraction of sp³-hybridized carbons (Fsp3) is 0.667. The molecule has 3 rings (SSSR count). The van der Waals surface area contributed by atoms with E-state index in [1.165, 1.54) is 18.6 Å². The summed E-state index contributed by atoms with van der Waals surface area (Å²) in [6.07, 6.45) is 1.24. The van der Waals surface area contributed by atoms with Crippen molar-refractivity contribution < 1.29 is 17.9 Å². The number of primary sulfonamides is 1. The highest BCUT2D eigenvalue weighted by Crippen LogP contribution is 2.25. The molecular formula is C21H34N4O4S. The third-order valence-electron chi connectivity index (χ3n) is 5.75. The summed E-state index contributed by atoms with van der Waals surface area (Å²) >= 11 is 0. The number of anilines is 1. The second-order valence-corrected chi connectivity index (χ2v) is 10.4. The molecule has 0 aliphatic carbocycles. The first-order chi connectivity index (χ1) is 14.1. The van der Waals surface area contributed by atoms with Gasteiger partial charge in [-0.15, -0.1) is 0 Å². The van der Waals surface area contributed by atoms with E-state index in [2.05, 4.69) is 24.1 Å². The molecule has 2 aliphatic rings. The number of rotatable bonds is 6. The number of piperidine rings is 1. The maximum atomic E-state index is 13.1. The van der Waals surface area contributed by atoms with Crippen LogP contribution in [0.2, 0.25) is 0 Å². The van der Waals surface area contributed by atoms with E-state index in [9.17, 15) is 13.2 Å². The molecule has 0 saturated carbocycles. The summed E-state index contributed by atoms with van der Waals surface area (Å²) in [4.78, 5) is 17.5. The topological polar surface area (TPSA) is 105 Å². The zero-order valence-electron chi connectivity index (χ0n) is 18.1. The highest BCUT2D eigenvalue weighted by atomic mass is 32.2. The van der Waals surface area contributed by atoms with Crippen LogP contribution >= 0.6 is 0 Å². The van der Waals surface area contributed by atoms with Gasteiger partial charge in [0.15, 0.2) is 0 Å². The van der Waals surface area contributed by atoms with Gasteiger partial charge in [-0.1, -0.05) is 13.8 Å². The van der Waals surface area contributed by atoms with Gasteiger partial charge in [-0.05, 0) is 43.4 Å². The van der Waals surface area contributed by atoms with Gasteiger partial charge in [0.1, 0.15) is 0 Å². The SMILES string of the molecule is CC1CC(C)CN(CC(C)NC(=O)c2cc(S(N)(=O)=O)ccc2N2CCOCC2)C1. The third-order valence-corrected chi connectivity index (χ3v) is 6.66. The molecule has 0 bridgehead atoms. The molecule has 0 spiro atoms. The standard InChI is InChI=1S/C21H34N4O4S/c1-15-10-16(2)13-24(12-15)14-17(3)23-21(26)19-11-18(30(22,27)28)4-5-20(19)25-6-8-29-9-7-25/h4-5,11,15-17H,6-10,12-14H2,1-3H3,(H,23,26)(H2,22,27,28). The number of nitrogens with two attached hydrogens (primary N) is 1. The average molecular weight is 439 g/mol. The molecule has 30 heavy (non-hydrogen) atoms. The van der Waals surface area contributed by atoms with Crippen LogP contribution in [0.15, 0.2) is 23.1 Å². The second kappa shape index (κ2) is 9.64. The molecule has 9 heteroatoms. The van der Waals surface area contributed by atoms with Gasteiger partial charge in [0.05, 0.1) is 23.7 Å². The molecule has 3 atom stereocenters. The van der Waals surface area contributed by atoms with Crippen LogP contribution in [0.25, 0.3) is 0 Å². The number of carbonyl (C=O) groups is 1. The number of morpholine rings is 1. The number of carbonyl (C=O) groups excluding carboxylic acids is 1. The molecule has 2 heterocycles. The zero-order valence-corrected chi connectivity index (χ0v) is 19.0. The molecule has 2 fully saturated rings. The molecule has 3 unspecified atom stereocenters. The van der Waals surface area contributed by atoms with Crippen LogP contribution in [0, 0.1) is 11.8 Å². The predicted octanol–water partition coefficient (Wildman–Crippen LogP) is 1.27. The van der Waals surface area contributed by atoms with Gasteiger partial charge in [0, 0.05) is 44.5 Å². The molecule has 168 valence electrons. The molecule has 1 aromatic carbocycles. The van der Waals surface area contributed by atoms with E-state index >= 15 is 0 Å². The van der Waals surface area contributed by atoms with E-state index in [1.54, 1.807) is 6.07 Å². The van der Waals surface area contributed by atoms with Gasteiger partial charge in [-0.2, -0.15) is 0 Å². The lowest BCUT2D eigenvalue weighted by molar-refractivity contribution is 0.0903. The Morgan fingerprint density at radius 1 is 1.23 bits per heavy atom. The highest BCUT2D eigenvalue weighted by molar-refractivity contribution is 7.89. The first-order valence-corrected chi connectivity index (χ1v) is 12.2. The van der Waals surface area contributed by atoms with Crippen LogP contribution in [0.1, 0.15) is 37.6 Å². The van der Waals surface area contributed by atoms with Gasteiger partial charge in [0.2, 0.25) is 10.0 Å². The van der Waals surface area contributed by atoms with Crippen LogP contribution in [-0.2, 0) is 14.8 Å². The number of benzene rings is 1. The first-order valence-electron chi connectivity index (χ1n) is 10.7. The fourth-order valence-electron chi connectivity index (χ4n) is 4.63. The molecule has 0 aromatic heterocycles. The largest absolute Gasteiger partial charge is 0.378 e. The number of sulfonamides is 1. The molecule has 1 aromatic rings. The number of ether oxygens (including phenoxy) is 1. The predicted molar refractivity (Wildman–Crippen MR) is 117 cm³/mol. The lowest BCUT2D eigenvalue weighted by atomic mass is 9.92. The number of nitrogens with zero attached hydrogens (tertiary/aromatic N) is 2. The summed E-state index contributed by atoms with van der Waals surface area (Å²) in [6, 6.07) is 4.44.